The number of carbonyl (C=O) groups excluding carboxylic acids is 1. The van der Waals surface area contributed by atoms with E-state index in [0.29, 0.717) is 0 Å². The molecule has 1 aliphatic heterocycles. The maximum atomic E-state index is 12.6. The van der Waals surface area contributed by atoms with Crippen molar-refractivity contribution in [1.29, 1.82) is 0 Å². The van der Waals surface area contributed by atoms with E-state index in [9.17, 15) is 18.0 Å². The summed E-state index contributed by atoms with van der Waals surface area (Å²) < 4.78 is 37.8. The van der Waals surface area contributed by atoms with Crippen LogP contribution in [0, 0.1) is 13.8 Å². The molecular formula is C15H16F3NO. The molecule has 0 N–H and O–H groups in total. The average Bonchev–Trinajstić information content (AvgIpc) is 2.63. The van der Waals surface area contributed by atoms with E-state index in [-0.39, 0.29) is 24.9 Å². The molecule has 1 saturated heterocycles. The number of hydrogen-bond acceptors (Lipinski definition) is 1. The monoisotopic (exact) mass is 283 g/mol. The number of amides is 1. The first-order chi connectivity index (χ1) is 9.29. The Balaban J connectivity index is 1.94. The Morgan fingerprint density at radius 2 is 1.85 bits per heavy atom. The van der Waals surface area contributed by atoms with Crippen molar-refractivity contribution in [3.8, 4) is 0 Å². The fraction of sp³-hybridized carbons (Fsp3) is 0.533. The summed E-state index contributed by atoms with van der Waals surface area (Å²) in [6, 6.07) is 4.04. The van der Waals surface area contributed by atoms with Crippen LogP contribution in [0.5, 0.6) is 0 Å². The number of fused-ring (bicyclic) bond motifs is 5. The summed E-state index contributed by atoms with van der Waals surface area (Å²) in [7, 11) is 0. The van der Waals surface area contributed by atoms with Gasteiger partial charge in [-0.05, 0) is 42.5 Å². The van der Waals surface area contributed by atoms with E-state index in [1.54, 1.807) is 0 Å². The highest BCUT2D eigenvalue weighted by Crippen LogP contribution is 2.48. The van der Waals surface area contributed by atoms with Gasteiger partial charge in [0.1, 0.15) is 0 Å². The number of halogens is 3. The van der Waals surface area contributed by atoms with Gasteiger partial charge in [-0.15, -0.1) is 0 Å². The molecule has 1 aromatic carbocycles. The Morgan fingerprint density at radius 3 is 2.50 bits per heavy atom. The van der Waals surface area contributed by atoms with Crippen molar-refractivity contribution in [3.63, 3.8) is 0 Å². The van der Waals surface area contributed by atoms with Crippen molar-refractivity contribution in [2.75, 3.05) is 13.1 Å². The van der Waals surface area contributed by atoms with E-state index < -0.39 is 12.1 Å². The standard InChI is InChI=1S/C15H16F3NO/c1-8-3-4-12-10-5-11(13(12)9(8)2)7-19(6-10)14(20)15(16,17)18/h3-4,10-11H,5-7H2,1-2H3. The molecule has 1 fully saturated rings. The van der Waals surface area contributed by atoms with Crippen LogP contribution in [0.25, 0.3) is 0 Å². The second-order valence-corrected chi connectivity index (χ2v) is 5.85. The van der Waals surface area contributed by atoms with Gasteiger partial charge in [0.2, 0.25) is 0 Å². The Labute approximate surface area is 115 Å². The summed E-state index contributed by atoms with van der Waals surface area (Å²) in [5, 5.41) is 0. The third-order valence-electron chi connectivity index (χ3n) is 4.65. The highest BCUT2D eigenvalue weighted by Gasteiger charge is 2.47. The number of nitrogens with zero attached hydrogens (tertiary/aromatic N) is 1. The molecule has 20 heavy (non-hydrogen) atoms. The number of aryl methyl sites for hydroxylation is 1. The van der Waals surface area contributed by atoms with Gasteiger partial charge < -0.3 is 4.90 Å². The normalized spacial score (nSPS) is 24.8. The van der Waals surface area contributed by atoms with Crippen LogP contribution in [0.2, 0.25) is 0 Å². The van der Waals surface area contributed by atoms with Gasteiger partial charge in [-0.2, -0.15) is 13.2 Å². The first-order valence-electron chi connectivity index (χ1n) is 6.75. The summed E-state index contributed by atoms with van der Waals surface area (Å²) in [4.78, 5) is 12.4. The number of carbonyl (C=O) groups is 1. The smallest absolute Gasteiger partial charge is 0.334 e. The van der Waals surface area contributed by atoms with Crippen LogP contribution < -0.4 is 0 Å². The lowest BCUT2D eigenvalue weighted by atomic mass is 9.93. The fourth-order valence-corrected chi connectivity index (χ4v) is 3.64. The minimum atomic E-state index is -4.77. The van der Waals surface area contributed by atoms with Crippen molar-refractivity contribution in [1.82, 2.24) is 4.90 Å². The molecule has 0 radical (unpaired) electrons. The van der Waals surface area contributed by atoms with Gasteiger partial charge in [-0.1, -0.05) is 12.1 Å². The number of benzene rings is 1. The average molecular weight is 283 g/mol. The highest BCUT2D eigenvalue weighted by molar-refractivity contribution is 5.82. The van der Waals surface area contributed by atoms with Gasteiger partial charge in [0.15, 0.2) is 0 Å². The van der Waals surface area contributed by atoms with Gasteiger partial charge in [0.05, 0.1) is 0 Å². The maximum Gasteiger partial charge on any atom is 0.471 e. The Bertz CT molecular complexity index is 579. The van der Waals surface area contributed by atoms with Crippen molar-refractivity contribution >= 4 is 5.91 Å². The molecule has 3 rings (SSSR count). The van der Waals surface area contributed by atoms with Crippen LogP contribution >= 0.6 is 0 Å². The minimum absolute atomic E-state index is 0.0503. The predicted octanol–water partition coefficient (Wildman–Crippen LogP) is 3.28. The van der Waals surface area contributed by atoms with E-state index >= 15 is 0 Å². The van der Waals surface area contributed by atoms with E-state index in [1.165, 1.54) is 5.56 Å². The van der Waals surface area contributed by atoms with Crippen molar-refractivity contribution in [2.24, 2.45) is 0 Å². The molecule has 108 valence electrons. The molecule has 1 heterocycles. The van der Waals surface area contributed by atoms with E-state index in [4.69, 9.17) is 0 Å². The van der Waals surface area contributed by atoms with Gasteiger partial charge in [-0.3, -0.25) is 4.79 Å². The summed E-state index contributed by atoms with van der Waals surface area (Å²) in [5.41, 5.74) is 4.63. The quantitative estimate of drug-likeness (QED) is 0.715. The van der Waals surface area contributed by atoms with Gasteiger partial charge in [0.25, 0.3) is 0 Å². The predicted molar refractivity (Wildman–Crippen MR) is 68.7 cm³/mol. The zero-order valence-electron chi connectivity index (χ0n) is 11.4. The van der Waals surface area contributed by atoms with Crippen molar-refractivity contribution in [3.05, 3.63) is 34.4 Å². The molecule has 0 saturated carbocycles. The van der Waals surface area contributed by atoms with E-state index in [1.807, 2.05) is 26.0 Å². The van der Waals surface area contributed by atoms with Crippen molar-refractivity contribution in [2.45, 2.75) is 38.3 Å². The Morgan fingerprint density at radius 1 is 1.20 bits per heavy atom. The first-order valence-corrected chi connectivity index (χ1v) is 6.75. The minimum Gasteiger partial charge on any atom is -0.334 e. The van der Waals surface area contributed by atoms with E-state index in [2.05, 4.69) is 0 Å². The Hall–Kier alpha value is -1.52. The second-order valence-electron chi connectivity index (χ2n) is 5.85. The maximum absolute atomic E-state index is 12.6. The zero-order chi connectivity index (χ0) is 14.7. The lowest BCUT2D eigenvalue weighted by molar-refractivity contribution is -0.186. The second kappa shape index (κ2) is 4.24. The fourth-order valence-electron chi connectivity index (χ4n) is 3.64. The van der Waals surface area contributed by atoms with Gasteiger partial charge in [0, 0.05) is 24.9 Å². The molecule has 2 nitrogen and oxygen atoms in total. The first kappa shape index (κ1) is 13.5. The molecule has 0 aromatic heterocycles. The number of likely N-dealkylation sites (tertiary alicyclic amines) is 1. The summed E-state index contributed by atoms with van der Waals surface area (Å²) in [6.45, 7) is 4.40. The molecular weight excluding hydrogens is 267 g/mol. The summed E-state index contributed by atoms with van der Waals surface area (Å²) >= 11 is 0. The van der Waals surface area contributed by atoms with Crippen LogP contribution in [0.3, 0.4) is 0 Å². The Kier molecular flexibility index (Phi) is 2.85. The van der Waals surface area contributed by atoms with Gasteiger partial charge in [-0.25, -0.2) is 0 Å². The van der Waals surface area contributed by atoms with Crippen LogP contribution in [-0.4, -0.2) is 30.1 Å². The molecule has 1 amide bonds. The third kappa shape index (κ3) is 1.91. The van der Waals surface area contributed by atoms with E-state index in [0.717, 1.165) is 28.0 Å². The lowest BCUT2D eigenvalue weighted by Gasteiger charge is -2.32. The number of piperidine rings is 1. The summed E-state index contributed by atoms with van der Waals surface area (Å²) in [6.07, 6.45) is -3.91. The largest absolute Gasteiger partial charge is 0.471 e. The molecule has 1 aliphatic carbocycles. The molecule has 1 aromatic rings. The summed E-state index contributed by atoms with van der Waals surface area (Å²) in [5.74, 6) is -1.60. The molecule has 2 aliphatic rings. The van der Waals surface area contributed by atoms with Gasteiger partial charge >= 0.3 is 12.1 Å². The SMILES string of the molecule is Cc1ccc2c(c1C)C1CC2CN(C(=O)C(F)(F)F)C1. The molecule has 2 bridgehead atoms. The third-order valence-corrected chi connectivity index (χ3v) is 4.65. The molecule has 0 spiro atoms. The van der Waals surface area contributed by atoms with Crippen LogP contribution in [-0.2, 0) is 4.79 Å². The number of alkyl halides is 3. The number of rotatable bonds is 0. The topological polar surface area (TPSA) is 20.3 Å². The van der Waals surface area contributed by atoms with Crippen LogP contribution in [0.15, 0.2) is 12.1 Å². The molecule has 2 unspecified atom stereocenters. The van der Waals surface area contributed by atoms with Crippen LogP contribution in [0.1, 0.15) is 40.5 Å². The van der Waals surface area contributed by atoms with Crippen molar-refractivity contribution < 1.29 is 18.0 Å². The molecule has 2 atom stereocenters. The zero-order valence-corrected chi connectivity index (χ0v) is 11.4. The van der Waals surface area contributed by atoms with Crippen LogP contribution in [0.4, 0.5) is 13.2 Å². The highest BCUT2D eigenvalue weighted by atomic mass is 19.4. The number of hydrogen-bond donors (Lipinski definition) is 0. The lowest BCUT2D eigenvalue weighted by Crippen LogP contribution is -2.46. The molecule has 5 heteroatoms.